The Morgan fingerprint density at radius 3 is 2.61 bits per heavy atom. The maximum Gasteiger partial charge on any atom is 0.162 e. The minimum Gasteiger partial charge on any atom is -0.486 e. The number of H-pyrrole nitrogens is 1. The molecule has 0 aliphatic carbocycles. The Morgan fingerprint density at radius 2 is 1.83 bits per heavy atom. The molecule has 116 valence electrons. The number of aromatic nitrogens is 1. The van der Waals surface area contributed by atoms with E-state index in [9.17, 15) is 4.79 Å². The number of nitrogens with one attached hydrogen (secondary N) is 1. The van der Waals surface area contributed by atoms with Gasteiger partial charge in [-0.05, 0) is 44.2 Å². The minimum absolute atomic E-state index is 0.0479. The van der Waals surface area contributed by atoms with Crippen LogP contribution in [-0.2, 0) is 0 Å². The second-order valence-corrected chi connectivity index (χ2v) is 5.84. The van der Waals surface area contributed by atoms with E-state index in [1.165, 1.54) is 0 Å². The SMILES string of the molecule is CC(=O)c1c(-c2ccc3c(c2)OCCO3)[nH]c2ccc(C)cc12. The number of fused-ring (bicyclic) bond motifs is 2. The smallest absolute Gasteiger partial charge is 0.162 e. The Bertz CT molecular complexity index is 924. The first-order chi connectivity index (χ1) is 11.1. The molecule has 2 aromatic carbocycles. The van der Waals surface area contributed by atoms with Crippen LogP contribution in [0.25, 0.3) is 22.2 Å². The maximum absolute atomic E-state index is 12.2. The summed E-state index contributed by atoms with van der Waals surface area (Å²) in [5, 5.41) is 0.961. The lowest BCUT2D eigenvalue weighted by Gasteiger charge is -2.18. The van der Waals surface area contributed by atoms with Gasteiger partial charge in [0.05, 0.1) is 11.3 Å². The molecule has 0 amide bonds. The summed E-state index contributed by atoms with van der Waals surface area (Å²) in [5.74, 6) is 1.51. The van der Waals surface area contributed by atoms with Crippen molar-refractivity contribution in [3.05, 3.63) is 47.5 Å². The Labute approximate surface area is 134 Å². The van der Waals surface area contributed by atoms with E-state index in [-0.39, 0.29) is 5.78 Å². The van der Waals surface area contributed by atoms with Crippen molar-refractivity contribution < 1.29 is 14.3 Å². The number of carbonyl (C=O) groups is 1. The van der Waals surface area contributed by atoms with Gasteiger partial charge in [-0.2, -0.15) is 0 Å². The van der Waals surface area contributed by atoms with Crippen molar-refractivity contribution in [3.63, 3.8) is 0 Å². The third-order valence-corrected chi connectivity index (χ3v) is 4.14. The molecule has 0 radical (unpaired) electrons. The molecule has 0 bridgehead atoms. The molecule has 0 spiro atoms. The second kappa shape index (κ2) is 5.16. The number of rotatable bonds is 2. The molecule has 4 rings (SSSR count). The topological polar surface area (TPSA) is 51.3 Å². The van der Waals surface area contributed by atoms with E-state index in [1.54, 1.807) is 6.92 Å². The molecule has 1 N–H and O–H groups in total. The van der Waals surface area contributed by atoms with Crippen molar-refractivity contribution in [1.82, 2.24) is 4.98 Å². The summed E-state index contributed by atoms with van der Waals surface area (Å²) in [6, 6.07) is 11.9. The van der Waals surface area contributed by atoms with Gasteiger partial charge >= 0.3 is 0 Å². The summed E-state index contributed by atoms with van der Waals surface area (Å²) in [6.45, 7) is 4.74. The van der Waals surface area contributed by atoms with Crippen molar-refractivity contribution in [1.29, 1.82) is 0 Å². The number of carbonyl (C=O) groups excluding carboxylic acids is 1. The monoisotopic (exact) mass is 307 g/mol. The van der Waals surface area contributed by atoms with Crippen LogP contribution in [-0.4, -0.2) is 24.0 Å². The Hall–Kier alpha value is -2.75. The van der Waals surface area contributed by atoms with E-state index in [0.717, 1.165) is 44.8 Å². The molecule has 0 unspecified atom stereocenters. The van der Waals surface area contributed by atoms with Crippen molar-refractivity contribution in [2.24, 2.45) is 0 Å². The predicted octanol–water partition coefficient (Wildman–Crippen LogP) is 4.12. The largest absolute Gasteiger partial charge is 0.486 e. The summed E-state index contributed by atoms with van der Waals surface area (Å²) in [6.07, 6.45) is 0. The van der Waals surface area contributed by atoms with E-state index >= 15 is 0 Å². The van der Waals surface area contributed by atoms with Gasteiger partial charge in [-0.25, -0.2) is 0 Å². The van der Waals surface area contributed by atoms with Gasteiger partial charge in [-0.3, -0.25) is 4.79 Å². The van der Waals surface area contributed by atoms with Gasteiger partial charge in [0.15, 0.2) is 17.3 Å². The molecule has 23 heavy (non-hydrogen) atoms. The van der Waals surface area contributed by atoms with Crippen LogP contribution in [0.15, 0.2) is 36.4 Å². The molecule has 4 nitrogen and oxygen atoms in total. The molecular formula is C19H17NO3. The third-order valence-electron chi connectivity index (χ3n) is 4.14. The number of Topliss-reactive ketones (excluding diaryl/α,β-unsaturated/α-hetero) is 1. The minimum atomic E-state index is 0.0479. The van der Waals surface area contributed by atoms with E-state index in [2.05, 4.69) is 4.98 Å². The highest BCUT2D eigenvalue weighted by molar-refractivity contribution is 6.12. The van der Waals surface area contributed by atoms with E-state index in [4.69, 9.17) is 9.47 Å². The number of hydrogen-bond acceptors (Lipinski definition) is 3. The highest BCUT2D eigenvalue weighted by atomic mass is 16.6. The van der Waals surface area contributed by atoms with Gasteiger partial charge in [0.1, 0.15) is 13.2 Å². The molecule has 1 aromatic heterocycles. The summed E-state index contributed by atoms with van der Waals surface area (Å²) in [4.78, 5) is 15.6. The Balaban J connectivity index is 1.94. The zero-order valence-corrected chi connectivity index (χ0v) is 13.1. The van der Waals surface area contributed by atoms with Crippen LogP contribution >= 0.6 is 0 Å². The molecule has 0 fully saturated rings. The molecule has 1 aliphatic heterocycles. The van der Waals surface area contributed by atoms with Crippen molar-refractivity contribution in [2.75, 3.05) is 13.2 Å². The van der Waals surface area contributed by atoms with Crippen LogP contribution in [0.5, 0.6) is 11.5 Å². The van der Waals surface area contributed by atoms with E-state index < -0.39 is 0 Å². The zero-order valence-electron chi connectivity index (χ0n) is 13.1. The number of hydrogen-bond donors (Lipinski definition) is 1. The molecule has 0 saturated heterocycles. The maximum atomic E-state index is 12.2. The lowest BCUT2D eigenvalue weighted by Crippen LogP contribution is -2.15. The fourth-order valence-electron chi connectivity index (χ4n) is 3.09. The zero-order chi connectivity index (χ0) is 16.0. The average molecular weight is 307 g/mol. The lowest BCUT2D eigenvalue weighted by atomic mass is 10.0. The number of ether oxygens (including phenoxy) is 2. The summed E-state index contributed by atoms with van der Waals surface area (Å²) in [5.41, 5.74) is 4.57. The molecule has 3 aromatic rings. The van der Waals surface area contributed by atoms with Crippen LogP contribution < -0.4 is 9.47 Å². The van der Waals surface area contributed by atoms with Crippen LogP contribution in [0.1, 0.15) is 22.8 Å². The first kappa shape index (κ1) is 13.9. The number of aryl methyl sites for hydroxylation is 1. The van der Waals surface area contributed by atoms with E-state index in [0.29, 0.717) is 13.2 Å². The molecule has 2 heterocycles. The molecule has 0 saturated carbocycles. The fourth-order valence-corrected chi connectivity index (χ4v) is 3.09. The molecule has 4 heteroatoms. The fraction of sp³-hybridized carbons (Fsp3) is 0.211. The second-order valence-electron chi connectivity index (χ2n) is 5.84. The van der Waals surface area contributed by atoms with E-state index in [1.807, 2.05) is 43.3 Å². The number of ketones is 1. The number of benzene rings is 2. The van der Waals surface area contributed by atoms with Gasteiger partial charge < -0.3 is 14.5 Å². The molecular weight excluding hydrogens is 290 g/mol. The highest BCUT2D eigenvalue weighted by Crippen LogP contribution is 2.37. The lowest BCUT2D eigenvalue weighted by molar-refractivity contribution is 0.102. The molecule has 1 aliphatic rings. The van der Waals surface area contributed by atoms with Crippen LogP contribution in [0, 0.1) is 6.92 Å². The quantitative estimate of drug-likeness (QED) is 0.725. The average Bonchev–Trinajstić information content (AvgIpc) is 2.93. The van der Waals surface area contributed by atoms with Gasteiger partial charge in [0, 0.05) is 16.5 Å². The first-order valence-corrected chi connectivity index (χ1v) is 7.67. The van der Waals surface area contributed by atoms with Crippen LogP contribution in [0.3, 0.4) is 0 Å². The Kier molecular flexibility index (Phi) is 3.11. The van der Waals surface area contributed by atoms with Gasteiger partial charge in [-0.15, -0.1) is 0 Å². The summed E-state index contributed by atoms with van der Waals surface area (Å²) >= 11 is 0. The Morgan fingerprint density at radius 1 is 1.04 bits per heavy atom. The third kappa shape index (κ3) is 2.27. The van der Waals surface area contributed by atoms with Crippen molar-refractivity contribution in [3.8, 4) is 22.8 Å². The van der Waals surface area contributed by atoms with Crippen molar-refractivity contribution in [2.45, 2.75) is 13.8 Å². The summed E-state index contributed by atoms with van der Waals surface area (Å²) < 4.78 is 11.2. The van der Waals surface area contributed by atoms with Crippen LogP contribution in [0.4, 0.5) is 0 Å². The summed E-state index contributed by atoms with van der Waals surface area (Å²) in [7, 11) is 0. The highest BCUT2D eigenvalue weighted by Gasteiger charge is 2.19. The van der Waals surface area contributed by atoms with Gasteiger partial charge in [0.2, 0.25) is 0 Å². The van der Waals surface area contributed by atoms with Crippen LogP contribution in [0.2, 0.25) is 0 Å². The predicted molar refractivity (Wildman–Crippen MR) is 89.5 cm³/mol. The van der Waals surface area contributed by atoms with Gasteiger partial charge in [0.25, 0.3) is 0 Å². The van der Waals surface area contributed by atoms with Gasteiger partial charge in [-0.1, -0.05) is 11.6 Å². The first-order valence-electron chi connectivity index (χ1n) is 7.67. The van der Waals surface area contributed by atoms with Crippen molar-refractivity contribution >= 4 is 16.7 Å². The normalized spacial score (nSPS) is 13.3. The molecule has 0 atom stereocenters. The standard InChI is InChI=1S/C19H17NO3/c1-11-3-5-15-14(9-11)18(12(2)21)19(20-15)13-4-6-16-17(10-13)23-8-7-22-16/h3-6,9-10,20H,7-8H2,1-2H3. The number of aromatic amines is 1.